The fourth-order valence-electron chi connectivity index (χ4n) is 2.73. The SMILES string of the molecule is COc1cccc(-c2cc(NCc3ccc4c(c3)OCO4)nc(N)n2)c1. The van der Waals surface area contributed by atoms with Crippen molar-refractivity contribution < 1.29 is 14.2 Å². The molecule has 0 unspecified atom stereocenters. The van der Waals surface area contributed by atoms with Crippen LogP contribution in [-0.4, -0.2) is 23.9 Å². The summed E-state index contributed by atoms with van der Waals surface area (Å²) in [5.41, 5.74) is 8.56. The second-order valence-electron chi connectivity index (χ2n) is 5.77. The standard InChI is InChI=1S/C19H18N4O3/c1-24-14-4-2-3-13(8-14)15-9-18(23-19(20)22-15)21-10-12-5-6-16-17(7-12)26-11-25-16/h2-9H,10-11H2,1H3,(H3,20,21,22,23). The lowest BCUT2D eigenvalue weighted by Gasteiger charge is -2.10. The van der Waals surface area contributed by atoms with Crippen LogP contribution in [0.4, 0.5) is 11.8 Å². The Morgan fingerprint density at radius 2 is 1.96 bits per heavy atom. The molecule has 0 atom stereocenters. The first-order valence-electron chi connectivity index (χ1n) is 8.12. The molecule has 2 heterocycles. The van der Waals surface area contributed by atoms with Crippen LogP contribution in [0.25, 0.3) is 11.3 Å². The minimum Gasteiger partial charge on any atom is -0.497 e. The minimum atomic E-state index is 0.207. The molecule has 4 rings (SSSR count). The summed E-state index contributed by atoms with van der Waals surface area (Å²) in [6.45, 7) is 0.837. The first kappa shape index (κ1) is 16.0. The van der Waals surface area contributed by atoms with Gasteiger partial charge in [-0.1, -0.05) is 18.2 Å². The molecule has 0 saturated heterocycles. The van der Waals surface area contributed by atoms with Crippen molar-refractivity contribution in [2.45, 2.75) is 6.54 Å². The average Bonchev–Trinajstić information content (AvgIpc) is 3.14. The Labute approximate surface area is 150 Å². The van der Waals surface area contributed by atoms with Crippen molar-refractivity contribution in [3.63, 3.8) is 0 Å². The molecular formula is C19H18N4O3. The van der Waals surface area contributed by atoms with Crippen LogP contribution in [-0.2, 0) is 6.54 Å². The second-order valence-corrected chi connectivity index (χ2v) is 5.77. The summed E-state index contributed by atoms with van der Waals surface area (Å²) in [7, 11) is 1.63. The van der Waals surface area contributed by atoms with Gasteiger partial charge in [-0.3, -0.25) is 0 Å². The van der Waals surface area contributed by atoms with E-state index < -0.39 is 0 Å². The van der Waals surface area contributed by atoms with E-state index in [9.17, 15) is 0 Å². The molecule has 0 bridgehead atoms. The zero-order chi connectivity index (χ0) is 17.9. The predicted molar refractivity (Wildman–Crippen MR) is 98.3 cm³/mol. The van der Waals surface area contributed by atoms with E-state index in [-0.39, 0.29) is 12.7 Å². The number of hydrogen-bond acceptors (Lipinski definition) is 7. The highest BCUT2D eigenvalue weighted by molar-refractivity contribution is 5.65. The van der Waals surface area contributed by atoms with Gasteiger partial charge in [0, 0.05) is 18.2 Å². The maximum absolute atomic E-state index is 5.88. The van der Waals surface area contributed by atoms with Gasteiger partial charge in [0.05, 0.1) is 12.8 Å². The van der Waals surface area contributed by atoms with Crippen molar-refractivity contribution in [1.82, 2.24) is 9.97 Å². The molecule has 0 radical (unpaired) electrons. The molecule has 0 saturated carbocycles. The Morgan fingerprint density at radius 3 is 2.85 bits per heavy atom. The van der Waals surface area contributed by atoms with E-state index in [1.165, 1.54) is 0 Å². The molecule has 7 nitrogen and oxygen atoms in total. The van der Waals surface area contributed by atoms with Crippen molar-refractivity contribution in [1.29, 1.82) is 0 Å². The lowest BCUT2D eigenvalue weighted by Crippen LogP contribution is -2.05. The molecule has 1 aliphatic heterocycles. The summed E-state index contributed by atoms with van der Waals surface area (Å²) in [6.07, 6.45) is 0. The van der Waals surface area contributed by atoms with Gasteiger partial charge in [0.25, 0.3) is 0 Å². The van der Waals surface area contributed by atoms with Crippen LogP contribution in [0.2, 0.25) is 0 Å². The van der Waals surface area contributed by atoms with Crippen LogP contribution in [0.1, 0.15) is 5.56 Å². The summed E-state index contributed by atoms with van der Waals surface area (Å²) >= 11 is 0. The monoisotopic (exact) mass is 350 g/mol. The van der Waals surface area contributed by atoms with E-state index >= 15 is 0 Å². The Balaban J connectivity index is 1.54. The van der Waals surface area contributed by atoms with Crippen LogP contribution in [0.5, 0.6) is 17.2 Å². The van der Waals surface area contributed by atoms with Crippen LogP contribution in [0, 0.1) is 0 Å². The van der Waals surface area contributed by atoms with E-state index in [0.29, 0.717) is 12.4 Å². The molecule has 3 aromatic rings. The lowest BCUT2D eigenvalue weighted by molar-refractivity contribution is 0.174. The maximum Gasteiger partial charge on any atom is 0.231 e. The van der Waals surface area contributed by atoms with E-state index in [1.54, 1.807) is 7.11 Å². The number of fused-ring (bicyclic) bond motifs is 1. The first-order valence-corrected chi connectivity index (χ1v) is 8.12. The van der Waals surface area contributed by atoms with E-state index in [1.807, 2.05) is 48.5 Å². The zero-order valence-corrected chi connectivity index (χ0v) is 14.2. The second kappa shape index (κ2) is 6.79. The molecule has 26 heavy (non-hydrogen) atoms. The number of anilines is 2. The lowest BCUT2D eigenvalue weighted by atomic mass is 10.1. The molecular weight excluding hydrogens is 332 g/mol. The minimum absolute atomic E-state index is 0.207. The van der Waals surface area contributed by atoms with Crippen LogP contribution < -0.4 is 25.3 Å². The quantitative estimate of drug-likeness (QED) is 0.730. The zero-order valence-electron chi connectivity index (χ0n) is 14.2. The Hall–Kier alpha value is -3.48. The molecule has 0 amide bonds. The molecule has 0 fully saturated rings. The Kier molecular flexibility index (Phi) is 4.18. The number of aromatic nitrogens is 2. The fraction of sp³-hybridized carbons (Fsp3) is 0.158. The van der Waals surface area contributed by atoms with Crippen LogP contribution >= 0.6 is 0 Å². The van der Waals surface area contributed by atoms with Crippen molar-refractivity contribution >= 4 is 11.8 Å². The number of nitrogen functional groups attached to an aromatic ring is 1. The van der Waals surface area contributed by atoms with Crippen LogP contribution in [0.15, 0.2) is 48.5 Å². The largest absolute Gasteiger partial charge is 0.497 e. The fourth-order valence-corrected chi connectivity index (χ4v) is 2.73. The van der Waals surface area contributed by atoms with Gasteiger partial charge >= 0.3 is 0 Å². The van der Waals surface area contributed by atoms with Gasteiger partial charge in [-0.15, -0.1) is 0 Å². The number of hydrogen-bond donors (Lipinski definition) is 2. The number of benzene rings is 2. The molecule has 132 valence electrons. The third-order valence-electron chi connectivity index (χ3n) is 4.02. The molecule has 3 N–H and O–H groups in total. The van der Waals surface area contributed by atoms with Gasteiger partial charge in [-0.25, -0.2) is 4.98 Å². The van der Waals surface area contributed by atoms with Gasteiger partial charge in [0.1, 0.15) is 11.6 Å². The molecule has 1 aromatic heterocycles. The third-order valence-corrected chi connectivity index (χ3v) is 4.02. The smallest absolute Gasteiger partial charge is 0.231 e. The van der Waals surface area contributed by atoms with Gasteiger partial charge in [-0.2, -0.15) is 4.98 Å². The predicted octanol–water partition coefficient (Wildman–Crippen LogP) is 3.08. The topological polar surface area (TPSA) is 91.5 Å². The molecule has 0 spiro atoms. The highest BCUT2D eigenvalue weighted by atomic mass is 16.7. The van der Waals surface area contributed by atoms with Crippen LogP contribution in [0.3, 0.4) is 0 Å². The van der Waals surface area contributed by atoms with Crippen molar-refractivity contribution in [2.24, 2.45) is 0 Å². The molecule has 7 heteroatoms. The molecule has 1 aliphatic rings. The number of nitrogens with one attached hydrogen (secondary N) is 1. The van der Waals surface area contributed by atoms with E-state index in [0.717, 1.165) is 34.1 Å². The Morgan fingerprint density at radius 1 is 1.08 bits per heavy atom. The van der Waals surface area contributed by atoms with E-state index in [4.69, 9.17) is 19.9 Å². The van der Waals surface area contributed by atoms with Gasteiger partial charge in [-0.05, 0) is 29.8 Å². The van der Waals surface area contributed by atoms with Crippen molar-refractivity contribution in [3.05, 3.63) is 54.1 Å². The van der Waals surface area contributed by atoms with Gasteiger partial charge in [0.2, 0.25) is 12.7 Å². The first-order chi connectivity index (χ1) is 12.7. The number of nitrogens with zero attached hydrogens (tertiary/aromatic N) is 2. The van der Waals surface area contributed by atoms with Crippen molar-refractivity contribution in [3.8, 4) is 28.5 Å². The summed E-state index contributed by atoms with van der Waals surface area (Å²) in [4.78, 5) is 8.57. The van der Waals surface area contributed by atoms with E-state index in [2.05, 4.69) is 15.3 Å². The third kappa shape index (κ3) is 3.32. The van der Waals surface area contributed by atoms with Gasteiger partial charge in [0.15, 0.2) is 11.5 Å². The summed E-state index contributed by atoms with van der Waals surface area (Å²) in [5.74, 6) is 3.13. The summed E-state index contributed by atoms with van der Waals surface area (Å²) < 4.78 is 16.0. The Bertz CT molecular complexity index is 946. The number of methoxy groups -OCH3 is 1. The maximum atomic E-state index is 5.88. The molecule has 2 aromatic carbocycles. The normalized spacial score (nSPS) is 12.0. The summed E-state index contributed by atoms with van der Waals surface area (Å²) in [6, 6.07) is 15.3. The van der Waals surface area contributed by atoms with Crippen molar-refractivity contribution in [2.75, 3.05) is 25.0 Å². The summed E-state index contributed by atoms with van der Waals surface area (Å²) in [5, 5.41) is 3.27. The highest BCUT2D eigenvalue weighted by Gasteiger charge is 2.13. The molecule has 0 aliphatic carbocycles. The number of ether oxygens (including phenoxy) is 3. The number of rotatable bonds is 5. The van der Waals surface area contributed by atoms with Gasteiger partial charge < -0.3 is 25.3 Å². The average molecular weight is 350 g/mol. The highest BCUT2D eigenvalue weighted by Crippen LogP contribution is 2.32. The number of nitrogens with two attached hydrogens (primary N) is 1.